The standard InChI is InChI=1S/C18H11Cl2F3N2O2/c1-9-14(16(25-27-9)15-12(19)3-2-4-13(15)20)17(26)24-11-7-5-10(6-8-11)18(21,22)23/h2-8H,1H3,(H,24,26). The summed E-state index contributed by atoms with van der Waals surface area (Å²) in [6.45, 7) is 1.53. The highest BCUT2D eigenvalue weighted by Crippen LogP contribution is 2.37. The Morgan fingerprint density at radius 2 is 1.67 bits per heavy atom. The molecule has 1 N–H and O–H groups in total. The predicted molar refractivity (Wildman–Crippen MR) is 96.1 cm³/mol. The highest BCUT2D eigenvalue weighted by molar-refractivity contribution is 6.39. The molecule has 0 atom stereocenters. The second-order valence-electron chi connectivity index (χ2n) is 5.59. The summed E-state index contributed by atoms with van der Waals surface area (Å²) in [5.41, 5.74) is -0.0670. The number of halogens is 5. The second-order valence-corrected chi connectivity index (χ2v) is 6.40. The zero-order chi connectivity index (χ0) is 19.8. The number of carbonyl (C=O) groups is 1. The van der Waals surface area contributed by atoms with Gasteiger partial charge in [0.1, 0.15) is 17.0 Å². The molecule has 0 spiro atoms. The molecule has 0 bridgehead atoms. The number of amides is 1. The first kappa shape index (κ1) is 19.3. The van der Waals surface area contributed by atoms with E-state index < -0.39 is 17.6 Å². The summed E-state index contributed by atoms with van der Waals surface area (Å²) in [4.78, 5) is 12.7. The highest BCUT2D eigenvalue weighted by atomic mass is 35.5. The smallest absolute Gasteiger partial charge is 0.360 e. The number of anilines is 1. The van der Waals surface area contributed by atoms with Crippen molar-refractivity contribution in [3.8, 4) is 11.3 Å². The average molecular weight is 415 g/mol. The predicted octanol–water partition coefficient (Wildman–Crippen LogP) is 6.23. The van der Waals surface area contributed by atoms with Crippen molar-refractivity contribution in [3.63, 3.8) is 0 Å². The van der Waals surface area contributed by atoms with Crippen LogP contribution in [0.3, 0.4) is 0 Å². The van der Waals surface area contributed by atoms with Crippen molar-refractivity contribution in [3.05, 3.63) is 69.4 Å². The Bertz CT molecular complexity index is 979. The molecule has 9 heteroatoms. The largest absolute Gasteiger partial charge is 0.416 e. The first-order chi connectivity index (χ1) is 12.7. The molecule has 1 aromatic heterocycles. The normalized spacial score (nSPS) is 11.5. The van der Waals surface area contributed by atoms with Gasteiger partial charge in [0.15, 0.2) is 0 Å². The molecule has 0 fully saturated rings. The molecule has 0 aliphatic heterocycles. The van der Waals surface area contributed by atoms with Crippen LogP contribution in [0.1, 0.15) is 21.7 Å². The molecule has 140 valence electrons. The lowest BCUT2D eigenvalue weighted by molar-refractivity contribution is -0.137. The van der Waals surface area contributed by atoms with E-state index in [1.165, 1.54) is 6.92 Å². The lowest BCUT2D eigenvalue weighted by Crippen LogP contribution is -2.14. The Balaban J connectivity index is 1.94. The van der Waals surface area contributed by atoms with Crippen LogP contribution in [0.5, 0.6) is 0 Å². The maximum absolute atomic E-state index is 12.7. The second kappa shape index (κ2) is 7.25. The van der Waals surface area contributed by atoms with E-state index in [4.69, 9.17) is 27.7 Å². The zero-order valence-corrected chi connectivity index (χ0v) is 15.2. The molecular weight excluding hydrogens is 404 g/mol. The van der Waals surface area contributed by atoms with Gasteiger partial charge in [-0.1, -0.05) is 34.4 Å². The minimum absolute atomic E-state index is 0.0879. The third-order valence-corrected chi connectivity index (χ3v) is 4.39. The molecule has 4 nitrogen and oxygen atoms in total. The van der Waals surface area contributed by atoms with Crippen LogP contribution >= 0.6 is 23.2 Å². The van der Waals surface area contributed by atoms with E-state index in [2.05, 4.69) is 10.5 Å². The van der Waals surface area contributed by atoms with Crippen molar-refractivity contribution in [2.24, 2.45) is 0 Å². The summed E-state index contributed by atoms with van der Waals surface area (Å²) in [5, 5.41) is 6.94. The fourth-order valence-electron chi connectivity index (χ4n) is 2.47. The van der Waals surface area contributed by atoms with Crippen molar-refractivity contribution < 1.29 is 22.5 Å². The molecule has 0 aliphatic carbocycles. The minimum atomic E-state index is -4.46. The summed E-state index contributed by atoms with van der Waals surface area (Å²) in [6, 6.07) is 8.89. The SMILES string of the molecule is Cc1onc(-c2c(Cl)cccc2Cl)c1C(=O)Nc1ccc(C(F)(F)F)cc1. The third kappa shape index (κ3) is 3.94. The van der Waals surface area contributed by atoms with E-state index in [1.807, 2.05) is 0 Å². The van der Waals surface area contributed by atoms with Crippen molar-refractivity contribution in [2.75, 3.05) is 5.32 Å². The average Bonchev–Trinajstić information content (AvgIpc) is 2.96. The van der Waals surface area contributed by atoms with Gasteiger partial charge in [0.25, 0.3) is 5.91 Å². The molecule has 1 heterocycles. The fourth-order valence-corrected chi connectivity index (χ4v) is 3.05. The molecule has 0 saturated heterocycles. The molecule has 0 unspecified atom stereocenters. The van der Waals surface area contributed by atoms with Crippen LogP contribution in [0.4, 0.5) is 18.9 Å². The maximum atomic E-state index is 12.7. The molecule has 0 radical (unpaired) electrons. The molecule has 2 aromatic carbocycles. The van der Waals surface area contributed by atoms with Gasteiger partial charge >= 0.3 is 6.18 Å². The number of hydrogen-bond acceptors (Lipinski definition) is 3. The number of hydrogen-bond donors (Lipinski definition) is 1. The van der Waals surface area contributed by atoms with Crippen molar-refractivity contribution in [1.29, 1.82) is 0 Å². The number of nitrogens with one attached hydrogen (secondary N) is 1. The molecule has 1 amide bonds. The molecule has 0 saturated carbocycles. The highest BCUT2D eigenvalue weighted by Gasteiger charge is 2.30. The van der Waals surface area contributed by atoms with Crippen LogP contribution < -0.4 is 5.32 Å². The quantitative estimate of drug-likeness (QED) is 0.552. The Hall–Kier alpha value is -2.51. The number of aromatic nitrogens is 1. The monoisotopic (exact) mass is 414 g/mol. The first-order valence-corrected chi connectivity index (χ1v) is 8.33. The topological polar surface area (TPSA) is 55.1 Å². The number of nitrogens with zero attached hydrogens (tertiary/aromatic N) is 1. The minimum Gasteiger partial charge on any atom is -0.360 e. The van der Waals surface area contributed by atoms with Gasteiger partial charge in [-0.05, 0) is 43.3 Å². The van der Waals surface area contributed by atoms with Crippen LogP contribution in [0.2, 0.25) is 10.0 Å². The van der Waals surface area contributed by atoms with Gasteiger partial charge in [0.05, 0.1) is 15.6 Å². The molecule has 3 aromatic rings. The summed E-state index contributed by atoms with van der Waals surface area (Å²) in [5.74, 6) is -0.398. The molecule has 27 heavy (non-hydrogen) atoms. The van der Waals surface area contributed by atoms with Crippen LogP contribution in [-0.2, 0) is 6.18 Å². The van der Waals surface area contributed by atoms with Crippen LogP contribution in [0.25, 0.3) is 11.3 Å². The van der Waals surface area contributed by atoms with E-state index in [0.717, 1.165) is 24.3 Å². The van der Waals surface area contributed by atoms with Crippen LogP contribution in [-0.4, -0.2) is 11.1 Å². The maximum Gasteiger partial charge on any atom is 0.416 e. The Morgan fingerprint density at radius 1 is 1.07 bits per heavy atom. The summed E-state index contributed by atoms with van der Waals surface area (Å²) in [6.07, 6.45) is -4.46. The number of carbonyl (C=O) groups excluding carboxylic acids is 1. The molecular formula is C18H11Cl2F3N2O2. The van der Waals surface area contributed by atoms with Crippen LogP contribution in [0.15, 0.2) is 47.0 Å². The number of benzene rings is 2. The third-order valence-electron chi connectivity index (χ3n) is 3.76. The first-order valence-electron chi connectivity index (χ1n) is 7.57. The van der Waals surface area contributed by atoms with E-state index in [9.17, 15) is 18.0 Å². The van der Waals surface area contributed by atoms with Gasteiger partial charge in [-0.3, -0.25) is 4.79 Å². The van der Waals surface area contributed by atoms with Gasteiger partial charge in [-0.2, -0.15) is 13.2 Å². The number of aryl methyl sites for hydroxylation is 1. The molecule has 3 rings (SSSR count). The van der Waals surface area contributed by atoms with Gasteiger partial charge in [0.2, 0.25) is 0 Å². The van der Waals surface area contributed by atoms with Crippen LogP contribution in [0, 0.1) is 6.92 Å². The molecule has 0 aliphatic rings. The Labute approximate surface area is 161 Å². The number of rotatable bonds is 3. The van der Waals surface area contributed by atoms with Crippen molar-refractivity contribution in [1.82, 2.24) is 5.16 Å². The summed E-state index contributed by atoms with van der Waals surface area (Å²) in [7, 11) is 0. The number of alkyl halides is 3. The zero-order valence-electron chi connectivity index (χ0n) is 13.7. The Morgan fingerprint density at radius 3 is 2.22 bits per heavy atom. The van der Waals surface area contributed by atoms with E-state index in [0.29, 0.717) is 5.56 Å². The van der Waals surface area contributed by atoms with Crippen molar-refractivity contribution in [2.45, 2.75) is 13.1 Å². The lowest BCUT2D eigenvalue weighted by Gasteiger charge is -2.10. The van der Waals surface area contributed by atoms with Gasteiger partial charge in [-0.15, -0.1) is 0 Å². The summed E-state index contributed by atoms with van der Waals surface area (Å²) < 4.78 is 43.0. The summed E-state index contributed by atoms with van der Waals surface area (Å²) >= 11 is 12.3. The fraction of sp³-hybridized carbons (Fsp3) is 0.111. The van der Waals surface area contributed by atoms with Gasteiger partial charge in [0, 0.05) is 11.3 Å². The van der Waals surface area contributed by atoms with Crippen molar-refractivity contribution >= 4 is 34.8 Å². The lowest BCUT2D eigenvalue weighted by atomic mass is 10.1. The van der Waals surface area contributed by atoms with Gasteiger partial charge in [-0.25, -0.2) is 0 Å². The van der Waals surface area contributed by atoms with E-state index in [1.54, 1.807) is 18.2 Å². The van der Waals surface area contributed by atoms with Gasteiger partial charge < -0.3 is 9.84 Å². The van der Waals surface area contributed by atoms with E-state index >= 15 is 0 Å². The van der Waals surface area contributed by atoms with E-state index in [-0.39, 0.29) is 32.8 Å². The Kier molecular flexibility index (Phi) is 5.17.